The molecule has 2 heterocycles. The van der Waals surface area contributed by atoms with Crippen molar-refractivity contribution in [3.8, 4) is 0 Å². The first kappa shape index (κ1) is 8.53. The number of anilines is 2. The zero-order valence-corrected chi connectivity index (χ0v) is 8.62. The number of fused-ring (bicyclic) bond motifs is 3. The topological polar surface area (TPSA) is 37.0 Å². The molecule has 2 aromatic rings. The fourth-order valence-electron chi connectivity index (χ4n) is 1.99. The lowest BCUT2D eigenvalue weighted by atomic mass is 10.1. The number of hydrogen-bond donors (Lipinski definition) is 2. The van der Waals surface area contributed by atoms with Gasteiger partial charge in [-0.3, -0.25) is 4.98 Å². The minimum absolute atomic E-state index is 0.461. The van der Waals surface area contributed by atoms with Crippen LogP contribution in [0.1, 0.15) is 6.92 Å². The van der Waals surface area contributed by atoms with Crippen LogP contribution < -0.4 is 10.6 Å². The van der Waals surface area contributed by atoms with Crippen molar-refractivity contribution >= 4 is 22.3 Å². The van der Waals surface area contributed by atoms with Gasteiger partial charge in [0, 0.05) is 18.0 Å². The van der Waals surface area contributed by atoms with Crippen molar-refractivity contribution in [3.63, 3.8) is 0 Å². The molecule has 2 N–H and O–H groups in total. The van der Waals surface area contributed by atoms with Crippen LogP contribution in [0.3, 0.4) is 0 Å². The summed E-state index contributed by atoms with van der Waals surface area (Å²) >= 11 is 0. The number of hydrogen-bond acceptors (Lipinski definition) is 3. The Hall–Kier alpha value is -1.77. The highest BCUT2D eigenvalue weighted by Crippen LogP contribution is 2.32. The monoisotopic (exact) mass is 199 g/mol. The average Bonchev–Trinajstić information content (AvgIpc) is 2.29. The Morgan fingerprint density at radius 2 is 2.20 bits per heavy atom. The summed E-state index contributed by atoms with van der Waals surface area (Å²) in [5, 5.41) is 8.07. The van der Waals surface area contributed by atoms with Crippen molar-refractivity contribution < 1.29 is 0 Å². The van der Waals surface area contributed by atoms with Crippen molar-refractivity contribution in [3.05, 3.63) is 30.5 Å². The number of rotatable bonds is 0. The highest BCUT2D eigenvalue weighted by Gasteiger charge is 2.15. The molecule has 15 heavy (non-hydrogen) atoms. The van der Waals surface area contributed by atoms with Gasteiger partial charge in [-0.25, -0.2) is 0 Å². The van der Waals surface area contributed by atoms with Crippen LogP contribution in [0.2, 0.25) is 0 Å². The molecule has 1 aliphatic rings. The zero-order chi connectivity index (χ0) is 10.3. The lowest BCUT2D eigenvalue weighted by Gasteiger charge is -2.26. The Balaban J connectivity index is 2.28. The molecule has 3 heteroatoms. The summed E-state index contributed by atoms with van der Waals surface area (Å²) in [5.41, 5.74) is 3.32. The molecule has 1 aromatic carbocycles. The van der Waals surface area contributed by atoms with Crippen molar-refractivity contribution in [2.24, 2.45) is 0 Å². The summed E-state index contributed by atoms with van der Waals surface area (Å²) in [5.74, 6) is 0. The summed E-state index contributed by atoms with van der Waals surface area (Å²) in [6, 6.07) is 8.67. The second-order valence-electron chi connectivity index (χ2n) is 3.99. The second-order valence-corrected chi connectivity index (χ2v) is 3.99. The molecule has 1 aromatic heterocycles. The van der Waals surface area contributed by atoms with Crippen molar-refractivity contribution in [1.82, 2.24) is 4.98 Å². The zero-order valence-electron chi connectivity index (χ0n) is 8.62. The van der Waals surface area contributed by atoms with E-state index in [0.29, 0.717) is 6.04 Å². The van der Waals surface area contributed by atoms with Gasteiger partial charge in [0.15, 0.2) is 0 Å². The average molecular weight is 199 g/mol. The Morgan fingerprint density at radius 3 is 3.13 bits per heavy atom. The van der Waals surface area contributed by atoms with Crippen LogP contribution in [0.4, 0.5) is 11.4 Å². The molecule has 0 aliphatic carbocycles. The van der Waals surface area contributed by atoms with E-state index in [1.165, 1.54) is 11.1 Å². The lowest BCUT2D eigenvalue weighted by Crippen LogP contribution is -2.30. The van der Waals surface area contributed by atoms with Gasteiger partial charge in [0.1, 0.15) is 0 Å². The third-order valence-electron chi connectivity index (χ3n) is 2.76. The van der Waals surface area contributed by atoms with Crippen molar-refractivity contribution in [1.29, 1.82) is 0 Å². The molecule has 0 amide bonds. The smallest absolute Gasteiger partial charge is 0.0769 e. The normalized spacial score (nSPS) is 19.1. The SMILES string of the molecule is CC1CNc2cnc3ccccc3c2N1. The molecule has 0 saturated heterocycles. The van der Waals surface area contributed by atoms with Crippen LogP contribution in [-0.4, -0.2) is 17.6 Å². The van der Waals surface area contributed by atoms with E-state index in [2.05, 4.69) is 28.6 Å². The number of pyridine rings is 1. The number of para-hydroxylation sites is 1. The molecule has 76 valence electrons. The van der Waals surface area contributed by atoms with Gasteiger partial charge < -0.3 is 10.6 Å². The van der Waals surface area contributed by atoms with Gasteiger partial charge in [-0.05, 0) is 13.0 Å². The van der Waals surface area contributed by atoms with Crippen LogP contribution in [0.25, 0.3) is 10.9 Å². The van der Waals surface area contributed by atoms with E-state index in [4.69, 9.17) is 0 Å². The van der Waals surface area contributed by atoms with Gasteiger partial charge >= 0.3 is 0 Å². The predicted octanol–water partition coefficient (Wildman–Crippen LogP) is 2.46. The van der Waals surface area contributed by atoms with Crippen LogP contribution in [-0.2, 0) is 0 Å². The summed E-state index contributed by atoms with van der Waals surface area (Å²) in [7, 11) is 0. The molecule has 1 aliphatic heterocycles. The minimum atomic E-state index is 0.461. The molecule has 1 atom stereocenters. The van der Waals surface area contributed by atoms with E-state index >= 15 is 0 Å². The largest absolute Gasteiger partial charge is 0.380 e. The maximum absolute atomic E-state index is 4.42. The Kier molecular flexibility index (Phi) is 1.78. The third kappa shape index (κ3) is 1.31. The van der Waals surface area contributed by atoms with Gasteiger partial charge in [-0.1, -0.05) is 18.2 Å². The summed E-state index contributed by atoms with van der Waals surface area (Å²) in [4.78, 5) is 4.42. The van der Waals surface area contributed by atoms with Crippen molar-refractivity contribution in [2.75, 3.05) is 17.2 Å². The molecule has 3 rings (SSSR count). The number of nitrogens with one attached hydrogen (secondary N) is 2. The Labute approximate surface area is 88.5 Å². The van der Waals surface area contributed by atoms with Gasteiger partial charge in [-0.15, -0.1) is 0 Å². The van der Waals surface area contributed by atoms with Gasteiger partial charge in [-0.2, -0.15) is 0 Å². The summed E-state index contributed by atoms with van der Waals surface area (Å²) in [6.07, 6.45) is 1.90. The van der Waals surface area contributed by atoms with Crippen molar-refractivity contribution in [2.45, 2.75) is 13.0 Å². The van der Waals surface area contributed by atoms with Crippen LogP contribution in [0.15, 0.2) is 30.5 Å². The standard InChI is InChI=1S/C12H13N3/c1-8-6-13-11-7-14-10-5-3-2-4-9(10)12(11)15-8/h2-5,7-8,13,15H,6H2,1H3. The molecular formula is C12H13N3. The van der Waals surface area contributed by atoms with E-state index in [1.54, 1.807) is 0 Å². The lowest BCUT2D eigenvalue weighted by molar-refractivity contribution is 0.819. The predicted molar refractivity (Wildman–Crippen MR) is 63.3 cm³/mol. The number of benzene rings is 1. The van der Waals surface area contributed by atoms with E-state index < -0.39 is 0 Å². The second kappa shape index (κ2) is 3.12. The van der Waals surface area contributed by atoms with Gasteiger partial charge in [0.05, 0.1) is 23.1 Å². The molecule has 0 saturated carbocycles. The fraction of sp³-hybridized carbons (Fsp3) is 0.250. The number of nitrogens with zero attached hydrogens (tertiary/aromatic N) is 1. The fourth-order valence-corrected chi connectivity index (χ4v) is 1.99. The quantitative estimate of drug-likeness (QED) is 0.684. The highest BCUT2D eigenvalue weighted by atomic mass is 15.1. The maximum atomic E-state index is 4.42. The van der Waals surface area contributed by atoms with Gasteiger partial charge in [0.2, 0.25) is 0 Å². The van der Waals surface area contributed by atoms with E-state index in [9.17, 15) is 0 Å². The van der Waals surface area contributed by atoms with E-state index in [0.717, 1.165) is 17.7 Å². The first-order valence-electron chi connectivity index (χ1n) is 5.23. The molecule has 3 nitrogen and oxygen atoms in total. The minimum Gasteiger partial charge on any atom is -0.380 e. The summed E-state index contributed by atoms with van der Waals surface area (Å²) < 4.78 is 0. The maximum Gasteiger partial charge on any atom is 0.0769 e. The van der Waals surface area contributed by atoms with E-state index in [1.807, 2.05) is 24.4 Å². The molecular weight excluding hydrogens is 186 g/mol. The summed E-state index contributed by atoms with van der Waals surface area (Å²) in [6.45, 7) is 3.12. The Morgan fingerprint density at radius 1 is 1.33 bits per heavy atom. The van der Waals surface area contributed by atoms with E-state index in [-0.39, 0.29) is 0 Å². The first-order chi connectivity index (χ1) is 7.34. The molecule has 0 fully saturated rings. The molecule has 0 spiro atoms. The number of aromatic nitrogens is 1. The first-order valence-corrected chi connectivity index (χ1v) is 5.23. The van der Waals surface area contributed by atoms with Crippen LogP contribution in [0, 0.1) is 0 Å². The molecule has 0 radical (unpaired) electrons. The van der Waals surface area contributed by atoms with Crippen LogP contribution >= 0.6 is 0 Å². The molecule has 1 unspecified atom stereocenters. The van der Waals surface area contributed by atoms with Crippen LogP contribution in [0.5, 0.6) is 0 Å². The third-order valence-corrected chi connectivity index (χ3v) is 2.76. The van der Waals surface area contributed by atoms with Gasteiger partial charge in [0.25, 0.3) is 0 Å². The molecule has 0 bridgehead atoms. The Bertz CT molecular complexity index is 507. The highest BCUT2D eigenvalue weighted by molar-refractivity contribution is 5.98.